The van der Waals surface area contributed by atoms with Gasteiger partial charge in [-0.1, -0.05) is 19.9 Å². The molecule has 5 nitrogen and oxygen atoms in total. The second-order valence-corrected chi connectivity index (χ2v) is 6.15. The number of piperazine rings is 1. The first-order valence-electron chi connectivity index (χ1n) is 8.01. The van der Waals surface area contributed by atoms with Gasteiger partial charge in [0.05, 0.1) is 0 Å². The number of aromatic nitrogens is 1. The first kappa shape index (κ1) is 18.3. The minimum atomic E-state index is -0.438. The van der Waals surface area contributed by atoms with E-state index in [0.717, 1.165) is 24.5 Å². The molecule has 0 unspecified atom stereocenters. The van der Waals surface area contributed by atoms with Crippen molar-refractivity contribution in [3.63, 3.8) is 0 Å². The fraction of sp³-hybridized carbons (Fsp3) is 0.647. The molecule has 0 aromatic carbocycles. The third-order valence-electron chi connectivity index (χ3n) is 3.15. The Morgan fingerprint density at radius 3 is 2.18 bits per heavy atom. The Kier molecular flexibility index (Phi) is 6.65. The summed E-state index contributed by atoms with van der Waals surface area (Å²) in [6.45, 7) is 14.6. The summed E-state index contributed by atoms with van der Waals surface area (Å²) in [5.41, 5.74) is 0.716. The molecule has 1 aromatic heterocycles. The van der Waals surface area contributed by atoms with Crippen molar-refractivity contribution in [1.29, 1.82) is 0 Å². The summed E-state index contributed by atoms with van der Waals surface area (Å²) < 4.78 is 5.39. The number of hydrogen-bond acceptors (Lipinski definition) is 4. The van der Waals surface area contributed by atoms with E-state index in [1.165, 1.54) is 0 Å². The third-order valence-corrected chi connectivity index (χ3v) is 3.15. The van der Waals surface area contributed by atoms with Crippen LogP contribution < -0.4 is 4.90 Å². The van der Waals surface area contributed by atoms with Crippen molar-refractivity contribution in [2.45, 2.75) is 47.1 Å². The largest absolute Gasteiger partial charge is 0.444 e. The van der Waals surface area contributed by atoms with Gasteiger partial charge in [0.1, 0.15) is 11.4 Å². The predicted molar refractivity (Wildman–Crippen MR) is 90.3 cm³/mol. The first-order chi connectivity index (χ1) is 10.3. The highest BCUT2D eigenvalue weighted by atomic mass is 16.6. The van der Waals surface area contributed by atoms with Crippen LogP contribution in [0.3, 0.4) is 0 Å². The van der Waals surface area contributed by atoms with Crippen molar-refractivity contribution in [2.24, 2.45) is 0 Å². The molecular formula is C17H29N3O2. The smallest absolute Gasteiger partial charge is 0.410 e. The van der Waals surface area contributed by atoms with Crippen LogP contribution in [-0.4, -0.2) is 47.8 Å². The van der Waals surface area contributed by atoms with Crippen LogP contribution in [0.15, 0.2) is 18.3 Å². The molecule has 0 spiro atoms. The fourth-order valence-corrected chi connectivity index (χ4v) is 2.09. The highest BCUT2D eigenvalue weighted by molar-refractivity contribution is 5.68. The van der Waals surface area contributed by atoms with E-state index in [1.807, 2.05) is 53.8 Å². The van der Waals surface area contributed by atoms with Crippen molar-refractivity contribution in [1.82, 2.24) is 9.88 Å². The van der Waals surface area contributed by atoms with Gasteiger partial charge in [0, 0.05) is 32.4 Å². The Hall–Kier alpha value is -1.78. The first-order valence-corrected chi connectivity index (χ1v) is 8.01. The Labute approximate surface area is 134 Å². The molecule has 0 aliphatic carbocycles. The Morgan fingerprint density at radius 1 is 1.14 bits per heavy atom. The second kappa shape index (κ2) is 8.01. The van der Waals surface area contributed by atoms with E-state index in [9.17, 15) is 4.79 Å². The summed E-state index contributed by atoms with van der Waals surface area (Å²) in [6.07, 6.45) is 1.64. The summed E-state index contributed by atoms with van der Waals surface area (Å²) >= 11 is 0. The summed E-state index contributed by atoms with van der Waals surface area (Å²) in [5, 5.41) is 0. The van der Waals surface area contributed by atoms with Gasteiger partial charge in [0.25, 0.3) is 0 Å². The molecule has 2 heterocycles. The molecule has 0 radical (unpaired) electrons. The summed E-state index contributed by atoms with van der Waals surface area (Å²) in [6, 6.07) is 4.08. The van der Waals surface area contributed by atoms with Gasteiger partial charge in [-0.25, -0.2) is 9.78 Å². The highest BCUT2D eigenvalue weighted by Gasteiger charge is 2.26. The van der Waals surface area contributed by atoms with Crippen LogP contribution in [0.2, 0.25) is 0 Å². The van der Waals surface area contributed by atoms with Gasteiger partial charge >= 0.3 is 6.09 Å². The predicted octanol–water partition coefficient (Wildman–Crippen LogP) is 3.47. The zero-order valence-corrected chi connectivity index (χ0v) is 14.7. The molecule has 1 aliphatic heterocycles. The Bertz CT molecular complexity index is 458. The van der Waals surface area contributed by atoms with Gasteiger partial charge in [-0.05, 0) is 39.3 Å². The maximum absolute atomic E-state index is 12.0. The van der Waals surface area contributed by atoms with Gasteiger partial charge in [0.2, 0.25) is 0 Å². The van der Waals surface area contributed by atoms with Crippen LogP contribution in [0.5, 0.6) is 0 Å². The SMILES string of the molecule is CC.Cc1ccc(N2CCN(C(=O)OC(C)(C)C)CC2)nc1. The quantitative estimate of drug-likeness (QED) is 0.797. The standard InChI is InChI=1S/C15H23N3O2.C2H6/c1-12-5-6-13(16-11-12)17-7-9-18(10-8-17)14(19)20-15(2,3)4;1-2/h5-6,11H,7-10H2,1-4H3;1-2H3. The lowest BCUT2D eigenvalue weighted by molar-refractivity contribution is 0.0240. The average Bonchev–Trinajstić information content (AvgIpc) is 2.48. The van der Waals surface area contributed by atoms with Gasteiger partial charge in [-0.2, -0.15) is 0 Å². The molecule has 1 saturated heterocycles. The van der Waals surface area contributed by atoms with Crippen molar-refractivity contribution in [3.8, 4) is 0 Å². The van der Waals surface area contributed by atoms with Crippen molar-refractivity contribution < 1.29 is 9.53 Å². The fourth-order valence-electron chi connectivity index (χ4n) is 2.09. The number of pyridine rings is 1. The Morgan fingerprint density at radius 2 is 1.73 bits per heavy atom. The molecule has 0 saturated carbocycles. The van der Waals surface area contributed by atoms with E-state index in [-0.39, 0.29) is 6.09 Å². The molecule has 1 aliphatic rings. The molecule has 1 fully saturated rings. The molecule has 0 bridgehead atoms. The molecule has 1 aromatic rings. The lowest BCUT2D eigenvalue weighted by Crippen LogP contribution is -2.50. The number of ether oxygens (including phenoxy) is 1. The van der Waals surface area contributed by atoms with Crippen LogP contribution in [0.4, 0.5) is 10.6 Å². The summed E-state index contributed by atoms with van der Waals surface area (Å²) in [4.78, 5) is 20.3. The molecule has 1 amide bonds. The average molecular weight is 307 g/mol. The number of aryl methyl sites for hydroxylation is 1. The number of rotatable bonds is 1. The zero-order valence-electron chi connectivity index (χ0n) is 14.7. The van der Waals surface area contributed by atoms with E-state index in [0.29, 0.717) is 13.1 Å². The second-order valence-electron chi connectivity index (χ2n) is 6.15. The minimum Gasteiger partial charge on any atom is -0.444 e. The minimum absolute atomic E-state index is 0.228. The van der Waals surface area contributed by atoms with E-state index in [2.05, 4.69) is 16.0 Å². The Balaban J connectivity index is 0.00000116. The van der Waals surface area contributed by atoms with Crippen LogP contribution in [0, 0.1) is 6.92 Å². The van der Waals surface area contributed by atoms with E-state index in [1.54, 1.807) is 4.90 Å². The molecule has 5 heteroatoms. The molecule has 0 N–H and O–H groups in total. The number of carbonyl (C=O) groups is 1. The maximum atomic E-state index is 12.0. The number of carbonyl (C=O) groups excluding carboxylic acids is 1. The van der Waals surface area contributed by atoms with Crippen LogP contribution in [0.1, 0.15) is 40.2 Å². The molecule has 124 valence electrons. The molecular weight excluding hydrogens is 278 g/mol. The van der Waals surface area contributed by atoms with Gasteiger partial charge in [0.15, 0.2) is 0 Å². The van der Waals surface area contributed by atoms with Crippen LogP contribution in [0.25, 0.3) is 0 Å². The van der Waals surface area contributed by atoms with E-state index in [4.69, 9.17) is 4.74 Å². The topological polar surface area (TPSA) is 45.7 Å². The van der Waals surface area contributed by atoms with Gasteiger partial charge in [-0.3, -0.25) is 0 Å². The van der Waals surface area contributed by atoms with Crippen LogP contribution >= 0.6 is 0 Å². The lowest BCUT2D eigenvalue weighted by Gasteiger charge is -2.36. The zero-order chi connectivity index (χ0) is 16.8. The van der Waals surface area contributed by atoms with Crippen molar-refractivity contribution >= 4 is 11.9 Å². The van der Waals surface area contributed by atoms with E-state index < -0.39 is 5.60 Å². The molecule has 22 heavy (non-hydrogen) atoms. The third kappa shape index (κ3) is 5.54. The molecule has 2 rings (SSSR count). The van der Waals surface area contributed by atoms with Crippen molar-refractivity contribution in [3.05, 3.63) is 23.9 Å². The van der Waals surface area contributed by atoms with Gasteiger partial charge in [-0.15, -0.1) is 0 Å². The maximum Gasteiger partial charge on any atom is 0.410 e. The number of hydrogen-bond donors (Lipinski definition) is 0. The lowest BCUT2D eigenvalue weighted by atomic mass is 10.2. The highest BCUT2D eigenvalue weighted by Crippen LogP contribution is 2.16. The van der Waals surface area contributed by atoms with E-state index >= 15 is 0 Å². The van der Waals surface area contributed by atoms with Crippen LogP contribution in [-0.2, 0) is 4.74 Å². The van der Waals surface area contributed by atoms with Crippen molar-refractivity contribution in [2.75, 3.05) is 31.1 Å². The molecule has 0 atom stereocenters. The normalized spacial score (nSPS) is 15.0. The summed E-state index contributed by atoms with van der Waals surface area (Å²) in [5.74, 6) is 0.972. The van der Waals surface area contributed by atoms with Gasteiger partial charge < -0.3 is 14.5 Å². The number of nitrogens with zero attached hydrogens (tertiary/aromatic N) is 3. The summed E-state index contributed by atoms with van der Waals surface area (Å²) in [7, 11) is 0. The number of amides is 1. The monoisotopic (exact) mass is 307 g/mol. The number of anilines is 1.